The molecule has 1 atom stereocenters. The van der Waals surface area contributed by atoms with E-state index in [2.05, 4.69) is 0 Å². The second-order valence-corrected chi connectivity index (χ2v) is 3.19. The molecule has 1 rings (SSSR count). The van der Waals surface area contributed by atoms with Crippen molar-refractivity contribution in [1.29, 1.82) is 0 Å². The summed E-state index contributed by atoms with van der Waals surface area (Å²) in [7, 11) is 1.71. The minimum Gasteiger partial charge on any atom is -0.419 e. The Morgan fingerprint density at radius 2 is 2.38 bits per heavy atom. The van der Waals surface area contributed by atoms with Crippen LogP contribution in [0.5, 0.6) is 0 Å². The topological polar surface area (TPSA) is 38.8 Å². The Morgan fingerprint density at radius 1 is 1.62 bits per heavy atom. The first-order valence-corrected chi connectivity index (χ1v) is 4.77. The van der Waals surface area contributed by atoms with E-state index in [1.807, 2.05) is 6.92 Å². The lowest BCUT2D eigenvalue weighted by atomic mass is 10.2. The van der Waals surface area contributed by atoms with E-state index in [1.165, 1.54) is 4.90 Å². The first-order valence-electron chi connectivity index (χ1n) is 4.77. The number of amides is 1. The highest BCUT2D eigenvalue weighted by Gasteiger charge is 2.19. The van der Waals surface area contributed by atoms with Crippen LogP contribution < -0.4 is 0 Å². The van der Waals surface area contributed by atoms with Crippen LogP contribution in [0.4, 0.5) is 4.79 Å². The normalized spacial score (nSPS) is 22.5. The molecule has 1 heterocycles. The molecule has 13 heavy (non-hydrogen) atoms. The van der Waals surface area contributed by atoms with Crippen LogP contribution in [0.1, 0.15) is 26.2 Å². The van der Waals surface area contributed by atoms with Gasteiger partial charge in [-0.2, -0.15) is 0 Å². The predicted octanol–water partition coefficient (Wildman–Crippen LogP) is 1.60. The predicted molar refractivity (Wildman–Crippen MR) is 48.4 cm³/mol. The van der Waals surface area contributed by atoms with Crippen LogP contribution in [0.3, 0.4) is 0 Å². The van der Waals surface area contributed by atoms with Gasteiger partial charge in [-0.05, 0) is 19.8 Å². The second-order valence-electron chi connectivity index (χ2n) is 3.19. The minimum atomic E-state index is -0.324. The van der Waals surface area contributed by atoms with Crippen molar-refractivity contribution >= 4 is 6.09 Å². The molecule has 0 aromatic carbocycles. The molecule has 1 saturated heterocycles. The summed E-state index contributed by atoms with van der Waals surface area (Å²) in [5.74, 6) is 0. The Labute approximate surface area is 78.8 Å². The average Bonchev–Trinajstić information content (AvgIpc) is 2.18. The van der Waals surface area contributed by atoms with Gasteiger partial charge in [-0.1, -0.05) is 0 Å². The molecule has 1 unspecified atom stereocenters. The number of rotatable bonds is 2. The van der Waals surface area contributed by atoms with Crippen molar-refractivity contribution in [3.8, 4) is 0 Å². The number of carbonyl (C=O) groups is 1. The molecule has 0 N–H and O–H groups in total. The highest BCUT2D eigenvalue weighted by atomic mass is 16.7. The van der Waals surface area contributed by atoms with Gasteiger partial charge in [-0.3, -0.25) is 0 Å². The van der Waals surface area contributed by atoms with Gasteiger partial charge in [0, 0.05) is 20.0 Å². The van der Waals surface area contributed by atoms with Gasteiger partial charge in [-0.15, -0.1) is 0 Å². The first kappa shape index (κ1) is 10.3. The summed E-state index contributed by atoms with van der Waals surface area (Å²) in [5, 5.41) is 0. The van der Waals surface area contributed by atoms with Crippen LogP contribution in [-0.2, 0) is 9.47 Å². The van der Waals surface area contributed by atoms with Gasteiger partial charge in [-0.25, -0.2) is 4.79 Å². The van der Waals surface area contributed by atoms with Crippen molar-refractivity contribution in [3.05, 3.63) is 0 Å². The molecule has 0 aromatic heterocycles. The fourth-order valence-corrected chi connectivity index (χ4v) is 1.14. The maximum atomic E-state index is 11.3. The molecule has 0 aliphatic carbocycles. The van der Waals surface area contributed by atoms with E-state index >= 15 is 0 Å². The van der Waals surface area contributed by atoms with E-state index in [0.29, 0.717) is 13.2 Å². The molecule has 0 spiro atoms. The molecule has 0 radical (unpaired) electrons. The van der Waals surface area contributed by atoms with Crippen molar-refractivity contribution in [2.45, 2.75) is 32.5 Å². The van der Waals surface area contributed by atoms with Crippen LogP contribution in [0.2, 0.25) is 0 Å². The van der Waals surface area contributed by atoms with Gasteiger partial charge in [0.2, 0.25) is 6.29 Å². The Kier molecular flexibility index (Phi) is 4.02. The molecule has 0 bridgehead atoms. The van der Waals surface area contributed by atoms with Crippen LogP contribution in [0.25, 0.3) is 0 Å². The van der Waals surface area contributed by atoms with Crippen LogP contribution in [0, 0.1) is 0 Å². The zero-order valence-corrected chi connectivity index (χ0v) is 8.28. The van der Waals surface area contributed by atoms with Gasteiger partial charge < -0.3 is 14.4 Å². The van der Waals surface area contributed by atoms with Gasteiger partial charge in [0.25, 0.3) is 0 Å². The van der Waals surface area contributed by atoms with Crippen molar-refractivity contribution < 1.29 is 14.3 Å². The number of ether oxygens (including phenoxy) is 2. The van der Waals surface area contributed by atoms with Crippen LogP contribution in [-0.4, -0.2) is 37.5 Å². The van der Waals surface area contributed by atoms with E-state index in [9.17, 15) is 4.79 Å². The van der Waals surface area contributed by atoms with Crippen molar-refractivity contribution in [3.63, 3.8) is 0 Å². The van der Waals surface area contributed by atoms with E-state index in [1.54, 1.807) is 7.05 Å². The zero-order chi connectivity index (χ0) is 9.68. The summed E-state index contributed by atoms with van der Waals surface area (Å²) in [6.07, 6.45) is 2.35. The van der Waals surface area contributed by atoms with Crippen molar-refractivity contribution in [1.82, 2.24) is 4.90 Å². The van der Waals surface area contributed by atoms with E-state index < -0.39 is 0 Å². The van der Waals surface area contributed by atoms with Gasteiger partial charge >= 0.3 is 6.09 Å². The molecule has 1 aliphatic rings. The van der Waals surface area contributed by atoms with Crippen LogP contribution >= 0.6 is 0 Å². The maximum absolute atomic E-state index is 11.3. The second kappa shape index (κ2) is 5.07. The highest BCUT2D eigenvalue weighted by molar-refractivity contribution is 5.67. The monoisotopic (exact) mass is 187 g/mol. The van der Waals surface area contributed by atoms with Gasteiger partial charge in [0.1, 0.15) is 0 Å². The van der Waals surface area contributed by atoms with E-state index in [4.69, 9.17) is 9.47 Å². The largest absolute Gasteiger partial charge is 0.419 e. The summed E-state index contributed by atoms with van der Waals surface area (Å²) in [6, 6.07) is 0. The summed E-state index contributed by atoms with van der Waals surface area (Å²) >= 11 is 0. The smallest absolute Gasteiger partial charge is 0.411 e. The molecule has 0 saturated carbocycles. The molecular weight excluding hydrogens is 170 g/mol. The SMILES string of the molecule is CCN(C)C(=O)OC1CCCCO1. The molecule has 0 aromatic rings. The molecule has 4 heteroatoms. The third kappa shape index (κ3) is 3.22. The van der Waals surface area contributed by atoms with E-state index in [0.717, 1.165) is 19.3 Å². The third-order valence-corrected chi connectivity index (χ3v) is 2.16. The summed E-state index contributed by atoms with van der Waals surface area (Å²) < 4.78 is 10.4. The first-order chi connectivity index (χ1) is 6.24. The Balaban J connectivity index is 2.26. The van der Waals surface area contributed by atoms with Gasteiger partial charge in [0.05, 0.1) is 6.61 Å². The van der Waals surface area contributed by atoms with Crippen LogP contribution in [0.15, 0.2) is 0 Å². The number of hydrogen-bond acceptors (Lipinski definition) is 3. The summed E-state index contributed by atoms with van der Waals surface area (Å²) in [5.41, 5.74) is 0. The van der Waals surface area contributed by atoms with E-state index in [-0.39, 0.29) is 12.4 Å². The Bertz CT molecular complexity index is 166. The minimum absolute atomic E-state index is 0.297. The lowest BCUT2D eigenvalue weighted by molar-refractivity contribution is -0.132. The number of hydrogen-bond donors (Lipinski definition) is 0. The lowest BCUT2D eigenvalue weighted by Gasteiger charge is -2.24. The zero-order valence-electron chi connectivity index (χ0n) is 8.28. The number of nitrogens with zero attached hydrogens (tertiary/aromatic N) is 1. The standard InChI is InChI=1S/C9H17NO3/c1-3-10(2)9(11)13-8-6-4-5-7-12-8/h8H,3-7H2,1-2H3. The van der Waals surface area contributed by atoms with Crippen molar-refractivity contribution in [2.24, 2.45) is 0 Å². The maximum Gasteiger partial charge on any atom is 0.411 e. The highest BCUT2D eigenvalue weighted by Crippen LogP contribution is 2.14. The fourth-order valence-electron chi connectivity index (χ4n) is 1.14. The summed E-state index contributed by atoms with van der Waals surface area (Å²) in [6.45, 7) is 3.27. The lowest BCUT2D eigenvalue weighted by Crippen LogP contribution is -2.33. The quantitative estimate of drug-likeness (QED) is 0.659. The molecule has 1 amide bonds. The molecule has 1 fully saturated rings. The summed E-state index contributed by atoms with van der Waals surface area (Å²) in [4.78, 5) is 12.8. The number of carbonyl (C=O) groups excluding carboxylic acids is 1. The fraction of sp³-hybridized carbons (Fsp3) is 0.889. The molecule has 76 valence electrons. The average molecular weight is 187 g/mol. The molecular formula is C9H17NO3. The van der Waals surface area contributed by atoms with Gasteiger partial charge in [0.15, 0.2) is 0 Å². The Morgan fingerprint density at radius 3 is 2.92 bits per heavy atom. The Hall–Kier alpha value is -0.770. The molecule has 4 nitrogen and oxygen atoms in total. The molecule has 1 aliphatic heterocycles. The third-order valence-electron chi connectivity index (χ3n) is 2.16. The van der Waals surface area contributed by atoms with Crippen molar-refractivity contribution in [2.75, 3.05) is 20.2 Å².